The average molecular weight is 260 g/mol. The van der Waals surface area contributed by atoms with Gasteiger partial charge in [0.1, 0.15) is 0 Å². The molecule has 0 radical (unpaired) electrons. The highest BCUT2D eigenvalue weighted by Crippen LogP contribution is 2.50. The van der Waals surface area contributed by atoms with Crippen molar-refractivity contribution in [1.29, 1.82) is 0 Å². The second-order valence-electron chi connectivity index (χ2n) is 4.05. The van der Waals surface area contributed by atoms with E-state index in [9.17, 15) is 9.36 Å². The summed E-state index contributed by atoms with van der Waals surface area (Å²) in [7, 11) is -3.55. The molecule has 98 valence electrons. The van der Waals surface area contributed by atoms with Crippen molar-refractivity contribution in [3.05, 3.63) is 12.2 Å². The Morgan fingerprint density at radius 2 is 2.00 bits per heavy atom. The van der Waals surface area contributed by atoms with Gasteiger partial charge in [-0.1, -0.05) is 12.2 Å². The van der Waals surface area contributed by atoms with Crippen LogP contribution in [-0.4, -0.2) is 18.7 Å². The molecule has 0 amide bonds. The molecule has 0 fully saturated rings. The molecule has 1 unspecified atom stereocenters. The molecule has 0 aliphatic heterocycles. The monoisotopic (exact) mass is 260 g/mol. The molecule has 5 heteroatoms. The van der Waals surface area contributed by atoms with Crippen molar-refractivity contribution >= 4 is 13.1 Å². The first-order valence-corrected chi connectivity index (χ1v) is 7.75. The molecule has 1 aliphatic carbocycles. The summed E-state index contributed by atoms with van der Waals surface area (Å²) in [5, 5.41) is 0. The molecule has 17 heavy (non-hydrogen) atoms. The fraction of sp³-hybridized carbons (Fsp3) is 0.750. The van der Waals surface area contributed by atoms with E-state index in [0.29, 0.717) is 0 Å². The van der Waals surface area contributed by atoms with Crippen LogP contribution < -0.4 is 0 Å². The van der Waals surface area contributed by atoms with Crippen LogP contribution in [0.15, 0.2) is 12.2 Å². The predicted molar refractivity (Wildman–Crippen MR) is 67.0 cm³/mol. The number of carbonyl (C=O) groups is 1. The van der Waals surface area contributed by atoms with E-state index >= 15 is 0 Å². The van der Waals surface area contributed by atoms with E-state index in [4.69, 9.17) is 9.05 Å². The van der Waals surface area contributed by atoms with Crippen molar-refractivity contribution in [2.75, 3.05) is 13.2 Å². The molecule has 1 rings (SSSR count). The van der Waals surface area contributed by atoms with Crippen LogP contribution >= 0.6 is 7.60 Å². The van der Waals surface area contributed by atoms with E-state index in [1.165, 1.54) is 0 Å². The molecule has 0 aromatic heterocycles. The van der Waals surface area contributed by atoms with Gasteiger partial charge in [0.15, 0.2) is 0 Å². The van der Waals surface area contributed by atoms with Gasteiger partial charge in [0.2, 0.25) is 5.52 Å². The molecule has 0 aromatic rings. The number of carbonyl (C=O) groups excluding carboxylic acids is 1. The summed E-state index contributed by atoms with van der Waals surface area (Å²) in [6.45, 7) is 3.87. The molecule has 1 atom stereocenters. The second-order valence-corrected chi connectivity index (χ2v) is 6.06. The average Bonchev–Trinajstić information content (AvgIpc) is 2.31. The Kier molecular flexibility index (Phi) is 6.10. The van der Waals surface area contributed by atoms with Gasteiger partial charge in [-0.25, -0.2) is 0 Å². The van der Waals surface area contributed by atoms with Crippen LogP contribution in [0, 0.1) is 5.92 Å². The lowest BCUT2D eigenvalue weighted by molar-refractivity contribution is -0.114. The first kappa shape index (κ1) is 14.6. The fourth-order valence-electron chi connectivity index (χ4n) is 1.91. The zero-order valence-electron chi connectivity index (χ0n) is 10.6. The Balaban J connectivity index is 2.61. The van der Waals surface area contributed by atoms with Gasteiger partial charge in [0.05, 0.1) is 13.2 Å². The SMILES string of the molecule is CCOP(=O)(OCC)C(=O)CC1C=CCCC1. The third-order valence-electron chi connectivity index (χ3n) is 2.69. The number of hydrogen-bond acceptors (Lipinski definition) is 4. The smallest absolute Gasteiger partial charge is 0.303 e. The first-order valence-electron chi connectivity index (χ1n) is 6.21. The van der Waals surface area contributed by atoms with Crippen LogP contribution in [0.1, 0.15) is 39.5 Å². The fourth-order valence-corrected chi connectivity index (χ4v) is 3.41. The van der Waals surface area contributed by atoms with Gasteiger partial charge in [0, 0.05) is 6.42 Å². The Hall–Kier alpha value is -0.440. The van der Waals surface area contributed by atoms with E-state index in [2.05, 4.69) is 6.08 Å². The van der Waals surface area contributed by atoms with Crippen LogP contribution in [0.5, 0.6) is 0 Å². The minimum absolute atomic E-state index is 0.186. The number of allylic oxidation sites excluding steroid dienone is 2. The molecule has 0 heterocycles. The maximum Gasteiger partial charge on any atom is 0.396 e. The maximum absolute atomic E-state index is 12.2. The highest BCUT2D eigenvalue weighted by atomic mass is 31.2. The molecular formula is C12H21O4P. The Morgan fingerprint density at radius 3 is 2.47 bits per heavy atom. The lowest BCUT2D eigenvalue weighted by Gasteiger charge is -2.19. The summed E-state index contributed by atoms with van der Waals surface area (Å²) in [5.41, 5.74) is -0.391. The quantitative estimate of drug-likeness (QED) is 0.519. The van der Waals surface area contributed by atoms with Crippen molar-refractivity contribution in [2.24, 2.45) is 5.92 Å². The molecule has 0 saturated heterocycles. The van der Waals surface area contributed by atoms with Crippen LogP contribution in [0.25, 0.3) is 0 Å². The third kappa shape index (κ3) is 4.38. The molecule has 0 saturated carbocycles. The van der Waals surface area contributed by atoms with Crippen molar-refractivity contribution < 1.29 is 18.4 Å². The lowest BCUT2D eigenvalue weighted by Crippen LogP contribution is -2.12. The lowest BCUT2D eigenvalue weighted by atomic mass is 9.94. The van der Waals surface area contributed by atoms with Crippen LogP contribution in [0.4, 0.5) is 0 Å². The second kappa shape index (κ2) is 7.10. The molecule has 0 aromatic carbocycles. The van der Waals surface area contributed by atoms with E-state index in [1.54, 1.807) is 13.8 Å². The molecule has 0 spiro atoms. The van der Waals surface area contributed by atoms with Gasteiger partial charge in [0.25, 0.3) is 0 Å². The molecular weight excluding hydrogens is 239 g/mol. The summed E-state index contributed by atoms with van der Waals surface area (Å²) >= 11 is 0. The van der Waals surface area contributed by atoms with E-state index in [-0.39, 0.29) is 25.6 Å². The normalized spacial score (nSPS) is 20.5. The van der Waals surface area contributed by atoms with Gasteiger partial charge in [-0.15, -0.1) is 0 Å². The molecule has 1 aliphatic rings. The number of hydrogen-bond donors (Lipinski definition) is 0. The minimum atomic E-state index is -3.55. The summed E-state index contributed by atoms with van der Waals surface area (Å²) < 4.78 is 22.2. The largest absolute Gasteiger partial charge is 0.396 e. The Morgan fingerprint density at radius 1 is 1.35 bits per heavy atom. The van der Waals surface area contributed by atoms with Gasteiger partial charge < -0.3 is 9.05 Å². The first-order chi connectivity index (χ1) is 8.12. The van der Waals surface area contributed by atoms with Crippen LogP contribution in [0.3, 0.4) is 0 Å². The highest BCUT2D eigenvalue weighted by Gasteiger charge is 2.34. The zero-order valence-corrected chi connectivity index (χ0v) is 11.4. The minimum Gasteiger partial charge on any atom is -0.303 e. The van der Waals surface area contributed by atoms with Crippen molar-refractivity contribution in [1.82, 2.24) is 0 Å². The molecule has 4 nitrogen and oxygen atoms in total. The molecule has 0 N–H and O–H groups in total. The van der Waals surface area contributed by atoms with Crippen molar-refractivity contribution in [2.45, 2.75) is 39.5 Å². The van der Waals surface area contributed by atoms with Gasteiger partial charge in [-0.2, -0.15) is 0 Å². The summed E-state index contributed by atoms with van der Waals surface area (Å²) in [5.74, 6) is 0.186. The maximum atomic E-state index is 12.2. The third-order valence-corrected chi connectivity index (χ3v) is 4.68. The predicted octanol–water partition coefficient (Wildman–Crippen LogP) is 3.53. The van der Waals surface area contributed by atoms with E-state index in [1.807, 2.05) is 6.08 Å². The van der Waals surface area contributed by atoms with Crippen molar-refractivity contribution in [3.8, 4) is 0 Å². The summed E-state index contributed by atoms with van der Waals surface area (Å²) in [6, 6.07) is 0. The van der Waals surface area contributed by atoms with E-state index in [0.717, 1.165) is 19.3 Å². The Bertz CT molecular complexity index is 314. The summed E-state index contributed by atoms with van der Waals surface area (Å²) in [4.78, 5) is 12.0. The molecule has 0 bridgehead atoms. The van der Waals surface area contributed by atoms with Gasteiger partial charge in [-0.3, -0.25) is 9.36 Å². The summed E-state index contributed by atoms with van der Waals surface area (Å²) in [6.07, 6.45) is 7.49. The van der Waals surface area contributed by atoms with Gasteiger partial charge in [-0.05, 0) is 39.0 Å². The van der Waals surface area contributed by atoms with E-state index < -0.39 is 13.1 Å². The number of rotatable bonds is 7. The zero-order chi connectivity index (χ0) is 12.7. The van der Waals surface area contributed by atoms with Crippen LogP contribution in [-0.2, 0) is 18.4 Å². The highest BCUT2D eigenvalue weighted by molar-refractivity contribution is 7.71. The van der Waals surface area contributed by atoms with Gasteiger partial charge >= 0.3 is 7.60 Å². The topological polar surface area (TPSA) is 52.6 Å². The Labute approximate surface area is 103 Å². The standard InChI is InChI=1S/C12H21O4P/c1-3-15-17(14,16-4-2)12(13)10-11-8-6-5-7-9-11/h6,8,11H,3-5,7,9-10H2,1-2H3. The van der Waals surface area contributed by atoms with Crippen molar-refractivity contribution in [3.63, 3.8) is 0 Å². The van der Waals surface area contributed by atoms with Crippen LogP contribution in [0.2, 0.25) is 0 Å².